The Balaban J connectivity index is 1.64. The molecule has 2 atom stereocenters. The molecular formula is C18H22N2O2S. The molecule has 23 heavy (non-hydrogen) atoms. The summed E-state index contributed by atoms with van der Waals surface area (Å²) in [6.07, 6.45) is 5.36. The lowest BCUT2D eigenvalue weighted by molar-refractivity contribution is 0.0443. The van der Waals surface area contributed by atoms with Crippen LogP contribution in [-0.2, 0) is 4.74 Å². The lowest BCUT2D eigenvalue weighted by atomic mass is 10.1. The lowest BCUT2D eigenvalue weighted by Gasteiger charge is -2.31. The Hall–Kier alpha value is -1.46. The molecule has 0 aliphatic carbocycles. The second-order valence-electron chi connectivity index (χ2n) is 6.36. The van der Waals surface area contributed by atoms with Crippen molar-refractivity contribution in [2.45, 2.75) is 31.4 Å². The van der Waals surface area contributed by atoms with E-state index in [9.17, 15) is 4.79 Å². The van der Waals surface area contributed by atoms with Crippen molar-refractivity contribution in [1.29, 1.82) is 0 Å². The molecule has 2 aliphatic heterocycles. The molecule has 2 saturated heterocycles. The van der Waals surface area contributed by atoms with Gasteiger partial charge in [-0.1, -0.05) is 12.1 Å². The van der Waals surface area contributed by atoms with Gasteiger partial charge in [-0.15, -0.1) is 0 Å². The molecule has 0 spiro atoms. The summed E-state index contributed by atoms with van der Waals surface area (Å²) >= 11 is 1.94. The summed E-state index contributed by atoms with van der Waals surface area (Å²) in [5.74, 6) is 2.33. The molecule has 2 fully saturated rings. The number of para-hydroxylation sites is 1. The van der Waals surface area contributed by atoms with Crippen LogP contribution in [0.15, 0.2) is 30.5 Å². The molecule has 0 saturated carbocycles. The van der Waals surface area contributed by atoms with Gasteiger partial charge in [-0.2, -0.15) is 11.8 Å². The number of hydrogen-bond acceptors (Lipinski definition) is 3. The van der Waals surface area contributed by atoms with E-state index in [1.54, 1.807) is 0 Å². The average Bonchev–Trinajstić information content (AvgIpc) is 3.33. The van der Waals surface area contributed by atoms with Crippen molar-refractivity contribution in [1.82, 2.24) is 9.88 Å². The third-order valence-electron chi connectivity index (χ3n) is 4.85. The molecule has 122 valence electrons. The maximum atomic E-state index is 13.3. The maximum absolute atomic E-state index is 13.3. The van der Waals surface area contributed by atoms with E-state index in [0.29, 0.717) is 6.04 Å². The fourth-order valence-electron chi connectivity index (χ4n) is 3.59. The molecule has 0 radical (unpaired) electrons. The Kier molecular flexibility index (Phi) is 4.31. The van der Waals surface area contributed by atoms with Crippen LogP contribution in [0.3, 0.4) is 0 Å². The number of nitrogens with zero attached hydrogens (tertiary/aromatic N) is 1. The number of carbonyl (C=O) groups excluding carboxylic acids is 1. The highest BCUT2D eigenvalue weighted by atomic mass is 32.2. The van der Waals surface area contributed by atoms with Crippen molar-refractivity contribution < 1.29 is 9.53 Å². The van der Waals surface area contributed by atoms with Gasteiger partial charge in [0.1, 0.15) is 0 Å². The fourth-order valence-corrected chi connectivity index (χ4v) is 4.82. The van der Waals surface area contributed by atoms with E-state index < -0.39 is 0 Å². The first-order valence-electron chi connectivity index (χ1n) is 8.39. The highest BCUT2D eigenvalue weighted by Crippen LogP contribution is 2.27. The van der Waals surface area contributed by atoms with Crippen LogP contribution in [0.1, 0.15) is 29.6 Å². The number of nitrogens with one attached hydrogen (secondary N) is 1. The highest BCUT2D eigenvalue weighted by molar-refractivity contribution is 7.99. The van der Waals surface area contributed by atoms with Crippen LogP contribution in [0, 0.1) is 0 Å². The Labute approximate surface area is 140 Å². The van der Waals surface area contributed by atoms with Gasteiger partial charge < -0.3 is 14.6 Å². The molecule has 0 unspecified atom stereocenters. The zero-order valence-corrected chi connectivity index (χ0v) is 14.0. The van der Waals surface area contributed by atoms with Gasteiger partial charge >= 0.3 is 0 Å². The molecule has 1 amide bonds. The van der Waals surface area contributed by atoms with Gasteiger partial charge in [0.25, 0.3) is 5.91 Å². The van der Waals surface area contributed by atoms with Crippen molar-refractivity contribution in [2.24, 2.45) is 0 Å². The van der Waals surface area contributed by atoms with E-state index in [1.165, 1.54) is 0 Å². The van der Waals surface area contributed by atoms with Gasteiger partial charge in [-0.25, -0.2) is 0 Å². The number of hydrogen-bond donors (Lipinski definition) is 1. The van der Waals surface area contributed by atoms with Crippen LogP contribution in [0.2, 0.25) is 0 Å². The molecular weight excluding hydrogens is 308 g/mol. The SMILES string of the molecule is O=C(c1cccc2cc[nH]c12)N(C[C@H]1CCCO1)[C@H]1CCSC1. The fraction of sp³-hybridized carbons (Fsp3) is 0.500. The number of thioether (sulfide) groups is 1. The lowest BCUT2D eigenvalue weighted by Crippen LogP contribution is -2.44. The molecule has 1 aromatic heterocycles. The molecule has 2 aromatic rings. The van der Waals surface area contributed by atoms with Gasteiger partial charge in [0.05, 0.1) is 17.2 Å². The Morgan fingerprint density at radius 2 is 2.30 bits per heavy atom. The number of benzene rings is 1. The summed E-state index contributed by atoms with van der Waals surface area (Å²) in [4.78, 5) is 18.6. The molecule has 2 aliphatic rings. The number of rotatable bonds is 4. The third-order valence-corrected chi connectivity index (χ3v) is 5.99. The molecule has 1 aromatic carbocycles. The molecule has 5 heteroatoms. The summed E-state index contributed by atoms with van der Waals surface area (Å²) in [5, 5.41) is 1.09. The van der Waals surface area contributed by atoms with E-state index in [1.807, 2.05) is 42.2 Å². The van der Waals surface area contributed by atoms with Crippen molar-refractivity contribution in [3.05, 3.63) is 36.0 Å². The number of amides is 1. The van der Waals surface area contributed by atoms with Crippen LogP contribution in [-0.4, -0.2) is 52.6 Å². The van der Waals surface area contributed by atoms with E-state index in [0.717, 1.165) is 60.4 Å². The molecule has 4 nitrogen and oxygen atoms in total. The zero-order chi connectivity index (χ0) is 15.6. The predicted octanol–water partition coefficient (Wildman–Crippen LogP) is 3.29. The van der Waals surface area contributed by atoms with Crippen molar-refractivity contribution >= 4 is 28.6 Å². The normalized spacial score (nSPS) is 24.3. The smallest absolute Gasteiger partial charge is 0.256 e. The summed E-state index contributed by atoms with van der Waals surface area (Å²) in [7, 11) is 0. The third kappa shape index (κ3) is 3.00. The summed E-state index contributed by atoms with van der Waals surface area (Å²) in [5.41, 5.74) is 1.72. The predicted molar refractivity (Wildman–Crippen MR) is 94.0 cm³/mol. The molecule has 1 N–H and O–H groups in total. The van der Waals surface area contributed by atoms with E-state index >= 15 is 0 Å². The van der Waals surface area contributed by atoms with Crippen LogP contribution >= 0.6 is 11.8 Å². The van der Waals surface area contributed by atoms with Crippen molar-refractivity contribution in [2.75, 3.05) is 24.7 Å². The molecule has 0 bridgehead atoms. The van der Waals surface area contributed by atoms with Gasteiger partial charge in [-0.3, -0.25) is 4.79 Å². The number of fused-ring (bicyclic) bond motifs is 1. The first kappa shape index (κ1) is 15.1. The Bertz CT molecular complexity index is 687. The summed E-state index contributed by atoms with van der Waals surface area (Å²) in [6, 6.07) is 8.30. The maximum Gasteiger partial charge on any atom is 0.256 e. The quantitative estimate of drug-likeness (QED) is 0.935. The minimum absolute atomic E-state index is 0.140. The van der Waals surface area contributed by atoms with Crippen LogP contribution in [0.5, 0.6) is 0 Å². The second kappa shape index (κ2) is 6.57. The van der Waals surface area contributed by atoms with E-state index in [-0.39, 0.29) is 12.0 Å². The van der Waals surface area contributed by atoms with E-state index in [2.05, 4.69) is 9.88 Å². The van der Waals surface area contributed by atoms with E-state index in [4.69, 9.17) is 4.74 Å². The number of carbonyl (C=O) groups is 1. The summed E-state index contributed by atoms with van der Waals surface area (Å²) in [6.45, 7) is 1.56. The van der Waals surface area contributed by atoms with Gasteiger partial charge in [0.2, 0.25) is 0 Å². The van der Waals surface area contributed by atoms with Gasteiger partial charge in [0, 0.05) is 36.5 Å². The van der Waals surface area contributed by atoms with Crippen molar-refractivity contribution in [3.63, 3.8) is 0 Å². The first-order chi connectivity index (χ1) is 11.3. The van der Waals surface area contributed by atoms with Crippen LogP contribution in [0.4, 0.5) is 0 Å². The summed E-state index contributed by atoms with van der Waals surface area (Å²) < 4.78 is 5.79. The monoisotopic (exact) mass is 330 g/mol. The topological polar surface area (TPSA) is 45.3 Å². The van der Waals surface area contributed by atoms with Gasteiger partial charge in [0.15, 0.2) is 0 Å². The molecule has 3 heterocycles. The highest BCUT2D eigenvalue weighted by Gasteiger charge is 2.31. The number of ether oxygens (including phenoxy) is 1. The minimum Gasteiger partial charge on any atom is -0.376 e. The largest absolute Gasteiger partial charge is 0.376 e. The number of aromatic nitrogens is 1. The Morgan fingerprint density at radius 1 is 1.35 bits per heavy atom. The number of H-pyrrole nitrogens is 1. The van der Waals surface area contributed by atoms with Crippen molar-refractivity contribution in [3.8, 4) is 0 Å². The number of aromatic amines is 1. The first-order valence-corrected chi connectivity index (χ1v) is 9.55. The van der Waals surface area contributed by atoms with Crippen LogP contribution < -0.4 is 0 Å². The Morgan fingerprint density at radius 3 is 3.09 bits per heavy atom. The zero-order valence-electron chi connectivity index (χ0n) is 13.2. The average molecular weight is 330 g/mol. The molecule has 4 rings (SSSR count). The second-order valence-corrected chi connectivity index (χ2v) is 7.51. The van der Waals surface area contributed by atoms with Crippen LogP contribution in [0.25, 0.3) is 10.9 Å². The van der Waals surface area contributed by atoms with Gasteiger partial charge in [-0.05, 0) is 37.1 Å². The standard InChI is InChI=1S/C18H22N2O2S/c21-18(16-5-1-3-13-6-8-19-17(13)16)20(14-7-10-23-12-14)11-15-4-2-9-22-15/h1,3,5-6,8,14-15,19H,2,4,7,9-12H2/t14-,15+/m0/s1. The minimum atomic E-state index is 0.140.